The highest BCUT2D eigenvalue weighted by atomic mass is 15.1. The van der Waals surface area contributed by atoms with Crippen LogP contribution in [0.25, 0.3) is 110 Å². The lowest BCUT2D eigenvalue weighted by atomic mass is 9.91. The lowest BCUT2D eigenvalue weighted by Gasteiger charge is -2.13. The van der Waals surface area contributed by atoms with Gasteiger partial charge in [0, 0.05) is 43.7 Å². The molecule has 8 aromatic carbocycles. The fourth-order valence-electron chi connectivity index (χ4n) is 8.86. The van der Waals surface area contributed by atoms with Crippen molar-refractivity contribution in [3.63, 3.8) is 0 Å². The van der Waals surface area contributed by atoms with E-state index in [1.165, 1.54) is 82.2 Å². The molecule has 52 heavy (non-hydrogen) atoms. The number of benzene rings is 8. The number of hydrogen-bond acceptors (Lipinski definition) is 1. The van der Waals surface area contributed by atoms with Crippen molar-refractivity contribution in [3.8, 4) is 44.9 Å². The van der Waals surface area contributed by atoms with Gasteiger partial charge in [-0.1, -0.05) is 109 Å². The monoisotopic (exact) mass is 659 g/mol. The second kappa shape index (κ2) is 10.3. The molecule has 0 aliphatic carbocycles. The molecule has 0 amide bonds. The summed E-state index contributed by atoms with van der Waals surface area (Å²) in [5, 5.41) is 8.61. The van der Waals surface area contributed by atoms with E-state index < -0.39 is 0 Å². The van der Waals surface area contributed by atoms with Gasteiger partial charge < -0.3 is 4.57 Å². The van der Waals surface area contributed by atoms with Crippen molar-refractivity contribution >= 4 is 65.3 Å². The summed E-state index contributed by atoms with van der Waals surface area (Å²) in [6, 6.07) is 64.4. The normalized spacial score (nSPS) is 12.2. The van der Waals surface area contributed by atoms with E-state index >= 15 is 0 Å². The van der Waals surface area contributed by atoms with Gasteiger partial charge in [-0.25, -0.2) is 4.98 Å². The van der Waals surface area contributed by atoms with Crippen LogP contribution in [-0.4, -0.2) is 14.1 Å². The van der Waals surface area contributed by atoms with Crippen molar-refractivity contribution in [2.45, 2.75) is 0 Å². The van der Waals surface area contributed by atoms with Crippen molar-refractivity contribution in [2.24, 2.45) is 0 Å². The predicted octanol–water partition coefficient (Wildman–Crippen LogP) is 12.9. The van der Waals surface area contributed by atoms with Crippen molar-refractivity contribution in [3.05, 3.63) is 176 Å². The van der Waals surface area contributed by atoms with Crippen LogP contribution in [-0.2, 0) is 0 Å². The Morgan fingerprint density at radius 1 is 0.346 bits per heavy atom. The average Bonchev–Trinajstić information content (AvgIpc) is 3.67. The Hall–Kier alpha value is -6.97. The summed E-state index contributed by atoms with van der Waals surface area (Å²) in [7, 11) is 0. The van der Waals surface area contributed by atoms with Gasteiger partial charge in [0.1, 0.15) is 5.82 Å². The number of para-hydroxylation sites is 3. The van der Waals surface area contributed by atoms with Gasteiger partial charge in [0.05, 0.1) is 27.6 Å². The van der Waals surface area contributed by atoms with Crippen LogP contribution in [0, 0.1) is 0 Å². The first-order valence-corrected chi connectivity index (χ1v) is 17.9. The van der Waals surface area contributed by atoms with Crippen LogP contribution in [0.3, 0.4) is 0 Å². The molecule has 3 aromatic heterocycles. The molecule has 0 bridgehead atoms. The van der Waals surface area contributed by atoms with E-state index in [1.54, 1.807) is 0 Å². The smallest absolute Gasteiger partial charge is 0.146 e. The van der Waals surface area contributed by atoms with Crippen molar-refractivity contribution < 1.29 is 0 Å². The molecule has 0 spiro atoms. The third-order valence-corrected chi connectivity index (χ3v) is 11.2. The third kappa shape index (κ3) is 3.77. The van der Waals surface area contributed by atoms with Gasteiger partial charge in [0.15, 0.2) is 0 Å². The van der Waals surface area contributed by atoms with Crippen molar-refractivity contribution in [1.29, 1.82) is 0 Å². The van der Waals surface area contributed by atoms with E-state index in [-0.39, 0.29) is 0 Å². The second-order valence-corrected chi connectivity index (χ2v) is 14.0. The Kier molecular flexibility index (Phi) is 5.50. The Labute approximate surface area is 299 Å². The molecule has 240 valence electrons. The van der Waals surface area contributed by atoms with Crippen molar-refractivity contribution in [1.82, 2.24) is 14.1 Å². The van der Waals surface area contributed by atoms with E-state index in [9.17, 15) is 0 Å². The molecule has 1 aliphatic heterocycles. The standard InChI is InChI=1S/C49H29N3/c1-2-15-35(16-3-1)51-46-23-22-32(25-39(46)40-24-30-12-4-5-13-31(30)29-47(40)51)34-27-41-36-17-7-8-18-37(36)43-26-33-14-6-10-20-44(33)50-49(43)52-45-21-11-9-19-38(45)42(28-34)48(41)52/h1-29H. The summed E-state index contributed by atoms with van der Waals surface area (Å²) in [5.74, 6) is 0.978. The van der Waals surface area contributed by atoms with Crippen LogP contribution in [0.1, 0.15) is 0 Å². The van der Waals surface area contributed by atoms with Gasteiger partial charge in [-0.05, 0) is 99.8 Å². The molecule has 12 rings (SSSR count). The Morgan fingerprint density at radius 2 is 1.00 bits per heavy atom. The lowest BCUT2D eigenvalue weighted by Crippen LogP contribution is -2.00. The van der Waals surface area contributed by atoms with Crippen LogP contribution in [0.15, 0.2) is 176 Å². The molecule has 11 aromatic rings. The Bertz CT molecular complexity index is 3290. The third-order valence-electron chi connectivity index (χ3n) is 11.2. The van der Waals surface area contributed by atoms with Gasteiger partial charge >= 0.3 is 0 Å². The maximum Gasteiger partial charge on any atom is 0.146 e. The van der Waals surface area contributed by atoms with Crippen LogP contribution >= 0.6 is 0 Å². The summed E-state index contributed by atoms with van der Waals surface area (Å²) in [5.41, 5.74) is 14.2. The zero-order valence-electron chi connectivity index (χ0n) is 28.1. The van der Waals surface area contributed by atoms with E-state index in [2.05, 4.69) is 185 Å². The maximum atomic E-state index is 5.37. The fraction of sp³-hybridized carbons (Fsp3) is 0. The molecule has 3 nitrogen and oxygen atoms in total. The summed E-state index contributed by atoms with van der Waals surface area (Å²) >= 11 is 0. The fourth-order valence-corrected chi connectivity index (χ4v) is 8.86. The molecule has 0 atom stereocenters. The number of rotatable bonds is 2. The SMILES string of the molecule is c1ccc(-n2c3ccc(-c4cc5c6c(c4)c4ccccc4n6-c4nc6ccccc6cc4-c4ccccc4-5)cc3c3cc4ccccc4cc32)cc1. The lowest BCUT2D eigenvalue weighted by molar-refractivity contribution is 1.11. The molecule has 0 unspecified atom stereocenters. The van der Waals surface area contributed by atoms with Crippen LogP contribution in [0.2, 0.25) is 0 Å². The molecule has 0 N–H and O–H groups in total. The van der Waals surface area contributed by atoms with E-state index in [0.29, 0.717) is 0 Å². The van der Waals surface area contributed by atoms with Gasteiger partial charge in [0.2, 0.25) is 0 Å². The number of fused-ring (bicyclic) bond motifs is 13. The zero-order valence-corrected chi connectivity index (χ0v) is 28.1. The Morgan fingerprint density at radius 3 is 1.87 bits per heavy atom. The van der Waals surface area contributed by atoms with Crippen LogP contribution in [0.4, 0.5) is 0 Å². The number of hydrogen-bond donors (Lipinski definition) is 0. The number of aromatic nitrogens is 3. The quantitative estimate of drug-likeness (QED) is 0.181. The molecule has 3 heteroatoms. The first kappa shape index (κ1) is 27.8. The summed E-state index contributed by atoms with van der Waals surface area (Å²) < 4.78 is 4.82. The molecule has 0 fully saturated rings. The molecule has 4 heterocycles. The maximum absolute atomic E-state index is 5.37. The minimum atomic E-state index is 0.978. The highest BCUT2D eigenvalue weighted by molar-refractivity contribution is 6.19. The molecule has 0 saturated heterocycles. The zero-order chi connectivity index (χ0) is 33.9. The second-order valence-electron chi connectivity index (χ2n) is 14.0. The first-order valence-electron chi connectivity index (χ1n) is 17.9. The van der Waals surface area contributed by atoms with Crippen LogP contribution < -0.4 is 0 Å². The first-order chi connectivity index (χ1) is 25.8. The van der Waals surface area contributed by atoms with Gasteiger partial charge in [-0.3, -0.25) is 4.57 Å². The largest absolute Gasteiger partial charge is 0.309 e. The van der Waals surface area contributed by atoms with Crippen molar-refractivity contribution in [2.75, 3.05) is 0 Å². The number of pyridine rings is 1. The summed E-state index contributed by atoms with van der Waals surface area (Å²) in [6.45, 7) is 0. The molecular weight excluding hydrogens is 631 g/mol. The van der Waals surface area contributed by atoms with E-state index in [1.807, 2.05) is 0 Å². The molecule has 0 radical (unpaired) electrons. The molecule has 0 saturated carbocycles. The minimum absolute atomic E-state index is 0.978. The average molecular weight is 660 g/mol. The van der Waals surface area contributed by atoms with Gasteiger partial charge in [-0.2, -0.15) is 0 Å². The highest BCUT2D eigenvalue weighted by Crippen LogP contribution is 2.48. The highest BCUT2D eigenvalue weighted by Gasteiger charge is 2.27. The summed E-state index contributed by atoms with van der Waals surface area (Å²) in [6.07, 6.45) is 0. The molecule has 1 aliphatic rings. The van der Waals surface area contributed by atoms with E-state index in [4.69, 9.17) is 4.98 Å². The topological polar surface area (TPSA) is 22.8 Å². The van der Waals surface area contributed by atoms with Gasteiger partial charge in [-0.15, -0.1) is 0 Å². The van der Waals surface area contributed by atoms with Crippen LogP contribution in [0.5, 0.6) is 0 Å². The minimum Gasteiger partial charge on any atom is -0.309 e. The molecular formula is C49H29N3. The number of nitrogens with zero attached hydrogens (tertiary/aromatic N) is 3. The summed E-state index contributed by atoms with van der Waals surface area (Å²) in [4.78, 5) is 5.37. The predicted molar refractivity (Wildman–Crippen MR) is 218 cm³/mol. The van der Waals surface area contributed by atoms with E-state index in [0.717, 1.165) is 28.0 Å². The Balaban J connectivity index is 1.18. The van der Waals surface area contributed by atoms with Gasteiger partial charge in [0.25, 0.3) is 0 Å².